The summed E-state index contributed by atoms with van der Waals surface area (Å²) >= 11 is 0. The largest absolute Gasteiger partial charge is 0.313 e. The van der Waals surface area contributed by atoms with E-state index in [0.29, 0.717) is 18.6 Å². The van der Waals surface area contributed by atoms with Crippen LogP contribution in [0.15, 0.2) is 0 Å². The first-order valence-electron chi connectivity index (χ1n) is 6.70. The predicted molar refractivity (Wildman–Crippen MR) is 75.2 cm³/mol. The number of nitrogens with zero attached hydrogens (tertiary/aromatic N) is 2. The van der Waals surface area contributed by atoms with Gasteiger partial charge in [-0.1, -0.05) is 0 Å². The highest BCUT2D eigenvalue weighted by molar-refractivity contribution is 7.89. The van der Waals surface area contributed by atoms with Crippen LogP contribution in [0.25, 0.3) is 0 Å². The molecule has 18 heavy (non-hydrogen) atoms. The number of hydrogen-bond donors (Lipinski definition) is 1. The molecule has 0 saturated carbocycles. The van der Waals surface area contributed by atoms with Gasteiger partial charge in [-0.15, -0.1) is 0 Å². The first-order valence-corrected chi connectivity index (χ1v) is 8.31. The van der Waals surface area contributed by atoms with E-state index in [1.165, 1.54) is 4.31 Å². The monoisotopic (exact) mass is 277 g/mol. The van der Waals surface area contributed by atoms with E-state index in [9.17, 15) is 8.42 Å². The van der Waals surface area contributed by atoms with Gasteiger partial charge in [0.25, 0.3) is 0 Å². The second-order valence-corrected chi connectivity index (χ2v) is 7.76. The van der Waals surface area contributed by atoms with Gasteiger partial charge in [0.15, 0.2) is 0 Å². The minimum Gasteiger partial charge on any atom is -0.313 e. The highest BCUT2D eigenvalue weighted by atomic mass is 32.2. The summed E-state index contributed by atoms with van der Waals surface area (Å²) < 4.78 is 24.5. The van der Waals surface area contributed by atoms with Crippen molar-refractivity contribution in [2.75, 3.05) is 39.5 Å². The van der Waals surface area contributed by atoms with Crippen LogP contribution in [0, 0.1) is 0 Å². The first kappa shape index (κ1) is 15.9. The molecule has 108 valence electrons. The van der Waals surface area contributed by atoms with Crippen LogP contribution in [0.2, 0.25) is 0 Å². The van der Waals surface area contributed by atoms with Crippen molar-refractivity contribution < 1.29 is 8.42 Å². The van der Waals surface area contributed by atoms with Gasteiger partial charge in [-0.25, -0.2) is 12.7 Å². The molecule has 1 heterocycles. The highest BCUT2D eigenvalue weighted by Gasteiger charge is 2.21. The van der Waals surface area contributed by atoms with Gasteiger partial charge in [0.05, 0.1) is 5.75 Å². The van der Waals surface area contributed by atoms with Crippen molar-refractivity contribution in [2.45, 2.75) is 38.8 Å². The number of rotatable bonds is 6. The lowest BCUT2D eigenvalue weighted by Gasteiger charge is -2.35. The number of sulfonamides is 1. The van der Waals surface area contributed by atoms with E-state index in [2.05, 4.69) is 24.1 Å². The fraction of sp³-hybridized carbons (Fsp3) is 1.00. The molecule has 0 spiro atoms. The maximum atomic E-state index is 11.6. The zero-order valence-corrected chi connectivity index (χ0v) is 12.8. The summed E-state index contributed by atoms with van der Waals surface area (Å²) in [4.78, 5) is 2.47. The molecule has 0 aromatic carbocycles. The fourth-order valence-electron chi connectivity index (χ4n) is 2.19. The van der Waals surface area contributed by atoms with Crippen LogP contribution < -0.4 is 5.32 Å². The molecule has 6 heteroatoms. The number of hydrogen-bond acceptors (Lipinski definition) is 4. The van der Waals surface area contributed by atoms with Gasteiger partial charge in [-0.3, -0.25) is 0 Å². The molecule has 1 fully saturated rings. The number of piperidine rings is 1. The third-order valence-corrected chi connectivity index (χ3v) is 5.44. The van der Waals surface area contributed by atoms with E-state index in [-0.39, 0.29) is 5.75 Å². The number of likely N-dealkylation sites (tertiary alicyclic amines) is 1. The Morgan fingerprint density at radius 2 is 1.83 bits per heavy atom. The maximum Gasteiger partial charge on any atom is 0.214 e. The molecular formula is C12H27N3O2S. The Balaban J connectivity index is 2.23. The minimum absolute atomic E-state index is 0.185. The zero-order chi connectivity index (χ0) is 13.8. The van der Waals surface area contributed by atoms with Crippen molar-refractivity contribution >= 4 is 10.0 Å². The Kier molecular flexibility index (Phi) is 6.04. The van der Waals surface area contributed by atoms with Crippen LogP contribution in [0.5, 0.6) is 0 Å². The predicted octanol–water partition coefficient (Wildman–Crippen LogP) is 0.340. The van der Waals surface area contributed by atoms with Crippen molar-refractivity contribution in [3.05, 3.63) is 0 Å². The minimum atomic E-state index is -3.06. The molecular weight excluding hydrogens is 250 g/mol. The average Bonchev–Trinajstić information content (AvgIpc) is 2.29. The summed E-state index contributed by atoms with van der Waals surface area (Å²) in [5, 5.41) is 3.36. The van der Waals surface area contributed by atoms with E-state index in [0.717, 1.165) is 25.9 Å². The van der Waals surface area contributed by atoms with Crippen LogP contribution in [-0.2, 0) is 10.0 Å². The molecule has 1 aliphatic heterocycles. The van der Waals surface area contributed by atoms with Crippen molar-refractivity contribution in [2.24, 2.45) is 0 Å². The van der Waals surface area contributed by atoms with Crippen LogP contribution in [0.4, 0.5) is 0 Å². The average molecular weight is 277 g/mol. The Morgan fingerprint density at radius 1 is 1.28 bits per heavy atom. The molecule has 1 aliphatic rings. The van der Waals surface area contributed by atoms with E-state index in [1.54, 1.807) is 14.1 Å². The van der Waals surface area contributed by atoms with Crippen molar-refractivity contribution in [3.63, 3.8) is 0 Å². The second kappa shape index (κ2) is 6.84. The Hall–Kier alpha value is -0.170. The Bertz CT molecular complexity index is 333. The van der Waals surface area contributed by atoms with Gasteiger partial charge in [-0.2, -0.15) is 0 Å². The topological polar surface area (TPSA) is 52.7 Å². The second-order valence-electron chi connectivity index (χ2n) is 5.46. The van der Waals surface area contributed by atoms with Crippen LogP contribution in [0.1, 0.15) is 26.7 Å². The molecule has 0 amide bonds. The molecule has 1 N–H and O–H groups in total. The van der Waals surface area contributed by atoms with E-state index >= 15 is 0 Å². The molecule has 1 saturated heterocycles. The van der Waals surface area contributed by atoms with Gasteiger partial charge < -0.3 is 10.2 Å². The molecule has 0 unspecified atom stereocenters. The molecule has 0 atom stereocenters. The van der Waals surface area contributed by atoms with Gasteiger partial charge in [0.2, 0.25) is 10.0 Å². The fourth-order valence-corrected chi connectivity index (χ4v) is 2.94. The molecule has 0 radical (unpaired) electrons. The molecule has 0 aromatic rings. The van der Waals surface area contributed by atoms with E-state index in [4.69, 9.17) is 0 Å². The van der Waals surface area contributed by atoms with Crippen molar-refractivity contribution in [3.8, 4) is 0 Å². The molecule has 5 nitrogen and oxygen atoms in total. The summed E-state index contributed by atoms with van der Waals surface area (Å²) in [5.41, 5.74) is 0. The quantitative estimate of drug-likeness (QED) is 0.761. The lowest BCUT2D eigenvalue weighted by atomic mass is 10.0. The summed E-state index contributed by atoms with van der Waals surface area (Å²) in [6, 6.07) is 1.08. The van der Waals surface area contributed by atoms with Gasteiger partial charge in [0, 0.05) is 32.7 Å². The SMILES string of the molecule is CC(C)N1CCC(NCCS(=O)(=O)N(C)C)CC1. The zero-order valence-electron chi connectivity index (χ0n) is 12.0. The van der Waals surface area contributed by atoms with Crippen molar-refractivity contribution in [1.29, 1.82) is 0 Å². The lowest BCUT2D eigenvalue weighted by molar-refractivity contribution is 0.162. The van der Waals surface area contributed by atoms with E-state index < -0.39 is 10.0 Å². The Labute approximate surface area is 112 Å². The highest BCUT2D eigenvalue weighted by Crippen LogP contribution is 2.12. The van der Waals surface area contributed by atoms with Gasteiger partial charge in [0.1, 0.15) is 0 Å². The maximum absolute atomic E-state index is 11.6. The van der Waals surface area contributed by atoms with Crippen LogP contribution >= 0.6 is 0 Å². The van der Waals surface area contributed by atoms with Crippen LogP contribution in [0.3, 0.4) is 0 Å². The summed E-state index contributed by atoms with van der Waals surface area (Å²) in [6.07, 6.45) is 2.22. The van der Waals surface area contributed by atoms with Gasteiger partial charge >= 0.3 is 0 Å². The molecule has 0 aliphatic carbocycles. The standard InChI is InChI=1S/C12H27N3O2S/c1-11(2)15-8-5-12(6-9-15)13-7-10-18(16,17)14(3)4/h11-13H,5-10H2,1-4H3. The normalized spacial score (nSPS) is 19.9. The summed E-state index contributed by atoms with van der Waals surface area (Å²) in [7, 11) is 0.0968. The summed E-state index contributed by atoms with van der Waals surface area (Å²) in [5.74, 6) is 0.185. The van der Waals surface area contributed by atoms with Crippen molar-refractivity contribution in [1.82, 2.24) is 14.5 Å². The smallest absolute Gasteiger partial charge is 0.214 e. The van der Waals surface area contributed by atoms with E-state index in [1.807, 2.05) is 0 Å². The lowest BCUT2D eigenvalue weighted by Crippen LogP contribution is -2.46. The first-order chi connectivity index (χ1) is 8.33. The molecule has 0 aromatic heterocycles. The van der Waals surface area contributed by atoms with Crippen LogP contribution in [-0.4, -0.2) is 69.2 Å². The number of nitrogens with one attached hydrogen (secondary N) is 1. The van der Waals surface area contributed by atoms with Gasteiger partial charge in [-0.05, 0) is 39.8 Å². The molecule has 1 rings (SSSR count). The third kappa shape index (κ3) is 4.84. The third-order valence-electron chi connectivity index (χ3n) is 3.61. The summed E-state index contributed by atoms with van der Waals surface area (Å²) in [6.45, 7) is 7.20. The Morgan fingerprint density at radius 3 is 2.28 bits per heavy atom. The molecule has 0 bridgehead atoms.